The number of amides is 1. The molecule has 0 radical (unpaired) electrons. The first-order chi connectivity index (χ1) is 13.4. The molecule has 1 amide bonds. The van der Waals surface area contributed by atoms with Gasteiger partial charge < -0.3 is 14.4 Å². The van der Waals surface area contributed by atoms with Gasteiger partial charge in [0.2, 0.25) is 5.91 Å². The molecule has 0 spiro atoms. The molecule has 1 aliphatic heterocycles. The summed E-state index contributed by atoms with van der Waals surface area (Å²) in [7, 11) is -1.91. The van der Waals surface area contributed by atoms with E-state index >= 15 is 0 Å². The lowest BCUT2D eigenvalue weighted by Gasteiger charge is -2.19. The summed E-state index contributed by atoms with van der Waals surface area (Å²) in [5.74, 6) is 0.495. The van der Waals surface area contributed by atoms with Gasteiger partial charge in [-0.2, -0.15) is 0 Å². The van der Waals surface area contributed by atoms with Crippen molar-refractivity contribution in [2.45, 2.75) is 22.8 Å². The van der Waals surface area contributed by atoms with E-state index < -0.39 is 9.84 Å². The molecule has 0 saturated carbocycles. The van der Waals surface area contributed by atoms with E-state index in [4.69, 9.17) is 9.47 Å². The predicted molar refractivity (Wildman–Crippen MR) is 109 cm³/mol. The highest BCUT2D eigenvalue weighted by molar-refractivity contribution is 7.98. The molecule has 0 aliphatic carbocycles. The summed E-state index contributed by atoms with van der Waals surface area (Å²) in [6, 6.07) is 12.5. The number of thioether (sulfide) groups is 1. The van der Waals surface area contributed by atoms with Crippen LogP contribution in [0.1, 0.15) is 12.0 Å². The molecule has 0 atom stereocenters. The van der Waals surface area contributed by atoms with E-state index in [0.717, 1.165) is 10.5 Å². The average Bonchev–Trinajstić information content (AvgIpc) is 2.72. The van der Waals surface area contributed by atoms with Crippen molar-refractivity contribution >= 4 is 27.5 Å². The van der Waals surface area contributed by atoms with Crippen LogP contribution in [0.2, 0.25) is 0 Å². The summed E-state index contributed by atoms with van der Waals surface area (Å²) in [5.41, 5.74) is 1.00. The Kier molecular flexibility index (Phi) is 6.51. The van der Waals surface area contributed by atoms with E-state index in [1.807, 2.05) is 30.5 Å². The van der Waals surface area contributed by atoms with Gasteiger partial charge in [0, 0.05) is 31.0 Å². The second-order valence-corrected chi connectivity index (χ2v) is 9.46. The highest BCUT2D eigenvalue weighted by Crippen LogP contribution is 2.32. The SMILES string of the molecule is CSc1ccc(CN(C)C(=O)CCS(=O)(=O)c2ccc3c(c2)OCCO3)cc1. The molecule has 28 heavy (non-hydrogen) atoms. The quantitative estimate of drug-likeness (QED) is 0.640. The molecule has 0 unspecified atom stereocenters. The molecule has 1 aliphatic rings. The van der Waals surface area contributed by atoms with E-state index in [0.29, 0.717) is 31.3 Å². The molecule has 0 N–H and O–H groups in total. The molecule has 2 aromatic carbocycles. The fraction of sp³-hybridized carbons (Fsp3) is 0.350. The maximum atomic E-state index is 12.6. The third-order valence-electron chi connectivity index (χ3n) is 4.46. The number of fused-ring (bicyclic) bond motifs is 1. The molecule has 150 valence electrons. The van der Waals surface area contributed by atoms with Crippen LogP contribution in [0, 0.1) is 0 Å². The summed E-state index contributed by atoms with van der Waals surface area (Å²) in [5, 5.41) is 0. The zero-order chi connectivity index (χ0) is 20.1. The van der Waals surface area contributed by atoms with Crippen molar-refractivity contribution in [3.8, 4) is 11.5 Å². The maximum absolute atomic E-state index is 12.6. The molecule has 6 nitrogen and oxygen atoms in total. The van der Waals surface area contributed by atoms with Crippen LogP contribution in [-0.2, 0) is 21.2 Å². The highest BCUT2D eigenvalue weighted by Gasteiger charge is 2.21. The van der Waals surface area contributed by atoms with Crippen molar-refractivity contribution < 1.29 is 22.7 Å². The van der Waals surface area contributed by atoms with Crippen molar-refractivity contribution in [3.63, 3.8) is 0 Å². The number of carbonyl (C=O) groups excluding carboxylic acids is 1. The number of rotatable bonds is 7. The summed E-state index contributed by atoms with van der Waals surface area (Å²) in [6.07, 6.45) is 1.93. The highest BCUT2D eigenvalue weighted by atomic mass is 32.2. The molecule has 1 heterocycles. The van der Waals surface area contributed by atoms with E-state index in [1.165, 1.54) is 12.1 Å². The fourth-order valence-electron chi connectivity index (χ4n) is 2.84. The second kappa shape index (κ2) is 8.87. The van der Waals surface area contributed by atoms with E-state index in [-0.39, 0.29) is 23.0 Å². The summed E-state index contributed by atoms with van der Waals surface area (Å²) in [4.78, 5) is 15.2. The molecule has 2 aromatic rings. The standard InChI is InChI=1S/C20H23NO5S2/c1-21(14-15-3-5-16(27-2)6-4-15)20(22)9-12-28(23,24)17-7-8-18-19(13-17)26-11-10-25-18/h3-8,13H,9-12,14H2,1-2H3. The van der Waals surface area contributed by atoms with Crippen LogP contribution in [0.25, 0.3) is 0 Å². The van der Waals surface area contributed by atoms with E-state index in [2.05, 4.69) is 0 Å². The van der Waals surface area contributed by atoms with Gasteiger partial charge in [0.25, 0.3) is 0 Å². The Labute approximate surface area is 169 Å². The van der Waals surface area contributed by atoms with Crippen molar-refractivity contribution in [1.82, 2.24) is 4.90 Å². The van der Waals surface area contributed by atoms with Gasteiger partial charge in [0.05, 0.1) is 10.6 Å². The lowest BCUT2D eigenvalue weighted by molar-refractivity contribution is -0.130. The van der Waals surface area contributed by atoms with Crippen molar-refractivity contribution in [2.24, 2.45) is 0 Å². The smallest absolute Gasteiger partial charge is 0.223 e. The minimum atomic E-state index is -3.59. The molecule has 8 heteroatoms. The number of hydrogen-bond donors (Lipinski definition) is 0. The number of ether oxygens (including phenoxy) is 2. The minimum Gasteiger partial charge on any atom is -0.486 e. The zero-order valence-corrected chi connectivity index (χ0v) is 17.5. The van der Waals surface area contributed by atoms with Gasteiger partial charge in [-0.1, -0.05) is 12.1 Å². The fourth-order valence-corrected chi connectivity index (χ4v) is 4.49. The Bertz CT molecular complexity index is 942. The van der Waals surface area contributed by atoms with E-state index in [9.17, 15) is 13.2 Å². The Hall–Kier alpha value is -2.19. The van der Waals surface area contributed by atoms with Crippen molar-refractivity contribution in [3.05, 3.63) is 48.0 Å². The van der Waals surface area contributed by atoms with Crippen LogP contribution < -0.4 is 9.47 Å². The Morgan fingerprint density at radius 1 is 1.07 bits per heavy atom. The number of benzene rings is 2. The molecular weight excluding hydrogens is 398 g/mol. The third-order valence-corrected chi connectivity index (χ3v) is 6.92. The lowest BCUT2D eigenvalue weighted by Crippen LogP contribution is -2.28. The van der Waals surface area contributed by atoms with Gasteiger partial charge in [0.1, 0.15) is 13.2 Å². The van der Waals surface area contributed by atoms with Gasteiger partial charge in [-0.25, -0.2) is 8.42 Å². The largest absolute Gasteiger partial charge is 0.486 e. The Balaban J connectivity index is 1.59. The summed E-state index contributed by atoms with van der Waals surface area (Å²) < 4.78 is 36.1. The first-order valence-corrected chi connectivity index (χ1v) is 11.8. The van der Waals surface area contributed by atoms with Crippen LogP contribution in [0.5, 0.6) is 11.5 Å². The van der Waals surface area contributed by atoms with Gasteiger partial charge in [0.15, 0.2) is 21.3 Å². The molecule has 0 bridgehead atoms. The first-order valence-electron chi connectivity index (χ1n) is 8.88. The number of carbonyl (C=O) groups is 1. The maximum Gasteiger partial charge on any atom is 0.223 e. The average molecular weight is 422 g/mol. The van der Waals surface area contributed by atoms with Crippen LogP contribution >= 0.6 is 11.8 Å². The van der Waals surface area contributed by atoms with Gasteiger partial charge in [-0.3, -0.25) is 4.79 Å². The first kappa shape index (κ1) is 20.5. The van der Waals surface area contributed by atoms with Gasteiger partial charge >= 0.3 is 0 Å². The molecule has 0 aromatic heterocycles. The normalized spacial score (nSPS) is 13.2. The van der Waals surface area contributed by atoms with Crippen LogP contribution in [0.3, 0.4) is 0 Å². The second-order valence-electron chi connectivity index (χ2n) is 6.47. The minimum absolute atomic E-state index is 0.0732. The van der Waals surface area contributed by atoms with E-state index in [1.54, 1.807) is 29.8 Å². The molecule has 0 saturated heterocycles. The third kappa shape index (κ3) is 4.99. The molecular formula is C20H23NO5S2. The van der Waals surface area contributed by atoms with Gasteiger partial charge in [-0.15, -0.1) is 11.8 Å². The van der Waals surface area contributed by atoms with Crippen LogP contribution in [0.15, 0.2) is 52.3 Å². The Morgan fingerprint density at radius 3 is 2.43 bits per heavy atom. The van der Waals surface area contributed by atoms with Crippen LogP contribution in [0.4, 0.5) is 0 Å². The Morgan fingerprint density at radius 2 is 1.75 bits per heavy atom. The predicted octanol–water partition coefficient (Wildman–Crippen LogP) is 3.00. The number of nitrogens with zero attached hydrogens (tertiary/aromatic N) is 1. The number of hydrogen-bond acceptors (Lipinski definition) is 6. The topological polar surface area (TPSA) is 72.9 Å². The number of sulfone groups is 1. The van der Waals surface area contributed by atoms with Gasteiger partial charge in [-0.05, 0) is 36.1 Å². The summed E-state index contributed by atoms with van der Waals surface area (Å²) in [6.45, 7) is 1.27. The van der Waals surface area contributed by atoms with Crippen molar-refractivity contribution in [1.29, 1.82) is 0 Å². The lowest BCUT2D eigenvalue weighted by atomic mass is 10.2. The van der Waals surface area contributed by atoms with Crippen molar-refractivity contribution in [2.75, 3.05) is 32.3 Å². The zero-order valence-electron chi connectivity index (χ0n) is 15.9. The monoisotopic (exact) mass is 421 g/mol. The molecule has 3 rings (SSSR count). The summed E-state index contributed by atoms with van der Waals surface area (Å²) >= 11 is 1.66. The van der Waals surface area contributed by atoms with Crippen LogP contribution in [-0.4, -0.2) is 51.5 Å². The molecule has 0 fully saturated rings.